The minimum absolute atomic E-state index is 0.0978. The molecule has 0 amide bonds. The molecule has 3 rings (SSSR count). The van der Waals surface area contributed by atoms with Gasteiger partial charge in [-0.3, -0.25) is 5.43 Å². The summed E-state index contributed by atoms with van der Waals surface area (Å²) in [6, 6.07) is 11.1. The van der Waals surface area contributed by atoms with Crippen molar-refractivity contribution in [3.8, 4) is 17.2 Å². The number of ether oxygens (including phenoxy) is 1. The van der Waals surface area contributed by atoms with Gasteiger partial charge in [0.05, 0.1) is 0 Å². The molecule has 0 bridgehead atoms. The summed E-state index contributed by atoms with van der Waals surface area (Å²) < 4.78 is 6.03. The molecule has 29 heavy (non-hydrogen) atoms. The second kappa shape index (κ2) is 10.7. The Labute approximate surface area is 173 Å². The summed E-state index contributed by atoms with van der Waals surface area (Å²) >= 11 is 0. The molecule has 1 aliphatic heterocycles. The first-order valence-corrected chi connectivity index (χ1v) is 10.9. The molecule has 0 fully saturated rings. The predicted octanol–water partition coefficient (Wildman–Crippen LogP) is 6.34. The number of unbranched alkanes of at least 4 members (excludes halogenated alkanes) is 8. The second-order valence-corrected chi connectivity index (χ2v) is 7.67. The fourth-order valence-electron chi connectivity index (χ4n) is 3.67. The van der Waals surface area contributed by atoms with Crippen LogP contribution in [0.5, 0.6) is 17.2 Å². The van der Waals surface area contributed by atoms with E-state index in [4.69, 9.17) is 4.74 Å². The van der Waals surface area contributed by atoms with Crippen LogP contribution in [0.3, 0.4) is 0 Å². The zero-order valence-corrected chi connectivity index (χ0v) is 17.3. The van der Waals surface area contributed by atoms with E-state index in [1.54, 1.807) is 0 Å². The van der Waals surface area contributed by atoms with E-state index in [0.717, 1.165) is 18.4 Å². The second-order valence-electron chi connectivity index (χ2n) is 7.67. The average molecular weight is 397 g/mol. The molecule has 0 spiro atoms. The maximum atomic E-state index is 10.4. The van der Waals surface area contributed by atoms with Crippen molar-refractivity contribution in [3.05, 3.63) is 47.5 Å². The van der Waals surface area contributed by atoms with Crippen LogP contribution in [-0.2, 0) is 6.42 Å². The molecular weight excluding hydrogens is 364 g/mol. The monoisotopic (exact) mass is 396 g/mol. The quantitative estimate of drug-likeness (QED) is 0.235. The van der Waals surface area contributed by atoms with Crippen molar-refractivity contribution < 1.29 is 14.9 Å². The molecule has 1 heterocycles. The molecule has 156 valence electrons. The molecule has 0 unspecified atom stereocenters. The van der Waals surface area contributed by atoms with E-state index >= 15 is 0 Å². The first-order chi connectivity index (χ1) is 14.2. The number of rotatable bonds is 11. The fourth-order valence-corrected chi connectivity index (χ4v) is 3.67. The third-order valence-electron chi connectivity index (χ3n) is 5.36. The molecule has 0 aromatic heterocycles. The standard InChI is InChI=1S/C24H32N2O3/c1-2-3-4-5-6-7-8-9-13-16-19-22(28)21(27)17-20-23(19)29-24(26-25-20)18-14-11-10-12-15-18/h10-12,14-15,17,25,27-28H,2-9,13,16H2,1H3. The molecule has 1 aliphatic rings. The van der Waals surface area contributed by atoms with Crippen LogP contribution in [0.4, 0.5) is 5.69 Å². The van der Waals surface area contributed by atoms with Crippen LogP contribution >= 0.6 is 0 Å². The molecule has 0 aliphatic carbocycles. The number of hydrogen-bond acceptors (Lipinski definition) is 5. The molecule has 0 saturated carbocycles. The number of nitrogens with one attached hydrogen (secondary N) is 1. The van der Waals surface area contributed by atoms with Crippen molar-refractivity contribution in [2.45, 2.75) is 71.1 Å². The van der Waals surface area contributed by atoms with E-state index in [2.05, 4.69) is 17.5 Å². The highest BCUT2D eigenvalue weighted by atomic mass is 16.5. The van der Waals surface area contributed by atoms with Gasteiger partial charge in [-0.25, -0.2) is 0 Å². The van der Waals surface area contributed by atoms with Crippen molar-refractivity contribution in [3.63, 3.8) is 0 Å². The van der Waals surface area contributed by atoms with Gasteiger partial charge in [0.1, 0.15) is 5.69 Å². The van der Waals surface area contributed by atoms with Crippen molar-refractivity contribution in [2.24, 2.45) is 5.10 Å². The molecule has 5 heteroatoms. The van der Waals surface area contributed by atoms with Gasteiger partial charge < -0.3 is 14.9 Å². The minimum Gasteiger partial charge on any atom is -0.504 e. The number of benzene rings is 2. The lowest BCUT2D eigenvalue weighted by Crippen LogP contribution is -2.19. The number of nitrogens with zero attached hydrogens (tertiary/aromatic N) is 1. The number of hydrogen-bond donors (Lipinski definition) is 3. The van der Waals surface area contributed by atoms with Gasteiger partial charge in [-0.05, 0) is 25.0 Å². The number of aromatic hydroxyl groups is 2. The van der Waals surface area contributed by atoms with Crippen molar-refractivity contribution in [2.75, 3.05) is 5.43 Å². The normalized spacial score (nSPS) is 12.7. The Hall–Kier alpha value is -2.69. The highest BCUT2D eigenvalue weighted by Gasteiger charge is 2.24. The van der Waals surface area contributed by atoms with Crippen LogP contribution in [0.1, 0.15) is 75.8 Å². The first kappa shape index (κ1) is 21.0. The van der Waals surface area contributed by atoms with Gasteiger partial charge >= 0.3 is 0 Å². The largest absolute Gasteiger partial charge is 0.504 e. The smallest absolute Gasteiger partial charge is 0.243 e. The number of anilines is 1. The van der Waals surface area contributed by atoms with Crippen LogP contribution in [-0.4, -0.2) is 16.1 Å². The van der Waals surface area contributed by atoms with Crippen LogP contribution in [0.25, 0.3) is 0 Å². The molecule has 0 saturated heterocycles. The average Bonchev–Trinajstić information content (AvgIpc) is 2.75. The SMILES string of the molecule is CCCCCCCCCCCc1c(O)c(O)cc2c1OC(c1ccccc1)=NN2. The summed E-state index contributed by atoms with van der Waals surface area (Å²) in [5, 5.41) is 24.8. The topological polar surface area (TPSA) is 74.1 Å². The molecule has 2 aromatic carbocycles. The zero-order valence-electron chi connectivity index (χ0n) is 17.3. The number of phenolic OH excluding ortho intramolecular Hbond substituents is 2. The summed E-state index contributed by atoms with van der Waals surface area (Å²) in [4.78, 5) is 0. The lowest BCUT2D eigenvalue weighted by Gasteiger charge is -2.22. The van der Waals surface area contributed by atoms with Gasteiger partial charge in [0, 0.05) is 17.2 Å². The highest BCUT2D eigenvalue weighted by molar-refractivity contribution is 5.98. The van der Waals surface area contributed by atoms with Crippen LogP contribution < -0.4 is 10.2 Å². The predicted molar refractivity (Wildman–Crippen MR) is 118 cm³/mol. The van der Waals surface area contributed by atoms with E-state index in [9.17, 15) is 10.2 Å². The third kappa shape index (κ3) is 5.66. The van der Waals surface area contributed by atoms with E-state index in [0.29, 0.717) is 29.3 Å². The van der Waals surface area contributed by atoms with E-state index in [-0.39, 0.29) is 11.5 Å². The lowest BCUT2D eigenvalue weighted by atomic mass is 10.0. The number of fused-ring (bicyclic) bond motifs is 1. The third-order valence-corrected chi connectivity index (χ3v) is 5.36. The lowest BCUT2D eigenvalue weighted by molar-refractivity contribution is 0.393. The van der Waals surface area contributed by atoms with Crippen molar-refractivity contribution in [1.82, 2.24) is 0 Å². The van der Waals surface area contributed by atoms with Crippen LogP contribution in [0.15, 0.2) is 41.5 Å². The Kier molecular flexibility index (Phi) is 7.79. The summed E-state index contributed by atoms with van der Waals surface area (Å²) in [6.45, 7) is 2.24. The van der Waals surface area contributed by atoms with Gasteiger partial charge in [0.25, 0.3) is 0 Å². The number of hydrazone groups is 1. The van der Waals surface area contributed by atoms with E-state index in [1.807, 2.05) is 30.3 Å². The Morgan fingerprint density at radius 1 is 0.897 bits per heavy atom. The molecule has 0 radical (unpaired) electrons. The molecule has 5 nitrogen and oxygen atoms in total. The van der Waals surface area contributed by atoms with Gasteiger partial charge in [-0.15, -0.1) is 5.10 Å². The minimum atomic E-state index is -0.149. The van der Waals surface area contributed by atoms with Crippen molar-refractivity contribution in [1.29, 1.82) is 0 Å². The molecule has 0 atom stereocenters. The fraction of sp³-hybridized carbons (Fsp3) is 0.458. The molecular formula is C24H32N2O3. The van der Waals surface area contributed by atoms with Gasteiger partial charge in [0.15, 0.2) is 17.2 Å². The van der Waals surface area contributed by atoms with Crippen molar-refractivity contribution >= 4 is 11.6 Å². The maximum Gasteiger partial charge on any atom is 0.243 e. The van der Waals surface area contributed by atoms with E-state index < -0.39 is 0 Å². The highest BCUT2D eigenvalue weighted by Crippen LogP contribution is 2.44. The van der Waals surface area contributed by atoms with Crippen LogP contribution in [0.2, 0.25) is 0 Å². The Morgan fingerprint density at radius 2 is 1.55 bits per heavy atom. The molecule has 3 N–H and O–H groups in total. The van der Waals surface area contributed by atoms with Crippen LogP contribution in [0, 0.1) is 0 Å². The number of phenols is 2. The maximum absolute atomic E-state index is 10.4. The first-order valence-electron chi connectivity index (χ1n) is 10.9. The Bertz CT molecular complexity index is 819. The Morgan fingerprint density at radius 3 is 2.24 bits per heavy atom. The zero-order chi connectivity index (χ0) is 20.5. The Balaban J connectivity index is 1.58. The van der Waals surface area contributed by atoms with E-state index in [1.165, 1.54) is 51.0 Å². The summed E-state index contributed by atoms with van der Waals surface area (Å²) in [6.07, 6.45) is 11.8. The summed E-state index contributed by atoms with van der Waals surface area (Å²) in [5.74, 6) is 0.758. The summed E-state index contributed by atoms with van der Waals surface area (Å²) in [5.41, 5.74) is 5.01. The van der Waals surface area contributed by atoms with Gasteiger partial charge in [-0.1, -0.05) is 76.5 Å². The van der Waals surface area contributed by atoms with Gasteiger partial charge in [-0.2, -0.15) is 0 Å². The molecule has 2 aromatic rings. The summed E-state index contributed by atoms with van der Waals surface area (Å²) in [7, 11) is 0. The van der Waals surface area contributed by atoms with Gasteiger partial charge in [0.2, 0.25) is 5.90 Å².